The third-order valence-corrected chi connectivity index (χ3v) is 4.99. The van der Waals surface area contributed by atoms with Crippen molar-refractivity contribution in [1.82, 2.24) is 0 Å². The molecule has 3 N–H and O–H groups in total. The van der Waals surface area contributed by atoms with Crippen LogP contribution in [0.4, 0.5) is 0 Å². The molecule has 3 fully saturated rings. The summed E-state index contributed by atoms with van der Waals surface area (Å²) in [7, 11) is -4.00. The second kappa shape index (κ2) is 5.09. The molecule has 0 unspecified atom stereocenters. The Bertz CT molecular complexity index is 591. The van der Waals surface area contributed by atoms with Crippen molar-refractivity contribution in [2.24, 2.45) is 5.14 Å². The van der Waals surface area contributed by atoms with Gasteiger partial charge in [-0.3, -0.25) is 0 Å². The van der Waals surface area contributed by atoms with E-state index in [-0.39, 0.29) is 6.61 Å². The van der Waals surface area contributed by atoms with Crippen molar-refractivity contribution in [2.45, 2.75) is 69.5 Å². The fraction of sp³-hybridized carbons (Fsp3) is 1.00. The van der Waals surface area contributed by atoms with Crippen molar-refractivity contribution in [3.63, 3.8) is 0 Å². The lowest BCUT2D eigenvalue weighted by molar-refractivity contribution is -0.244. The van der Waals surface area contributed by atoms with Crippen molar-refractivity contribution in [2.75, 3.05) is 12.4 Å². The molecule has 0 radical (unpaired) electrons. The van der Waals surface area contributed by atoms with Gasteiger partial charge in [0.1, 0.15) is 23.9 Å². The number of aliphatic hydroxyl groups is 1. The Balaban J connectivity index is 1.91. The summed E-state index contributed by atoms with van der Waals surface area (Å²) in [6.07, 6.45) is -3.58. The lowest BCUT2D eigenvalue weighted by Gasteiger charge is -2.35. The van der Waals surface area contributed by atoms with Gasteiger partial charge in [0.2, 0.25) is 10.0 Å². The standard InChI is InChI=1S/C13H23NO8S/c1-11(2)18-5-7(20-11)8-13(15,6-23(14,16)17)9-10(19-8)22-12(3,4)21-9/h7-10,15H,5-6H2,1-4H3,(H2,14,16,17)/t7-,8+,9+,10-,13+/m0/s1. The maximum Gasteiger partial charge on any atom is 0.212 e. The van der Waals surface area contributed by atoms with E-state index in [9.17, 15) is 13.5 Å². The highest BCUT2D eigenvalue weighted by Gasteiger charge is 2.67. The van der Waals surface area contributed by atoms with Crippen molar-refractivity contribution < 1.29 is 37.2 Å². The molecule has 3 saturated heterocycles. The molecular weight excluding hydrogens is 330 g/mol. The zero-order valence-corrected chi connectivity index (χ0v) is 14.3. The van der Waals surface area contributed by atoms with E-state index in [1.165, 1.54) is 0 Å². The molecule has 3 rings (SSSR count). The fourth-order valence-electron chi connectivity index (χ4n) is 3.35. The molecule has 3 heterocycles. The number of primary sulfonamides is 1. The number of hydrogen-bond acceptors (Lipinski definition) is 8. The van der Waals surface area contributed by atoms with Gasteiger partial charge in [0.15, 0.2) is 17.9 Å². The highest BCUT2D eigenvalue weighted by Crippen LogP contribution is 2.46. The van der Waals surface area contributed by atoms with Crippen LogP contribution in [0.2, 0.25) is 0 Å². The lowest BCUT2D eigenvalue weighted by atomic mass is 9.91. The summed E-state index contributed by atoms with van der Waals surface area (Å²) in [6, 6.07) is 0. The summed E-state index contributed by atoms with van der Waals surface area (Å²) in [4.78, 5) is 0. The number of nitrogens with two attached hydrogens (primary N) is 1. The Labute approximate surface area is 135 Å². The largest absolute Gasteiger partial charge is 0.383 e. The third-order valence-electron chi connectivity index (χ3n) is 4.12. The molecule has 134 valence electrons. The first kappa shape index (κ1) is 17.5. The van der Waals surface area contributed by atoms with Crippen LogP contribution in [0.25, 0.3) is 0 Å². The maximum absolute atomic E-state index is 11.6. The zero-order chi connectivity index (χ0) is 17.3. The summed E-state index contributed by atoms with van der Waals surface area (Å²) in [6.45, 7) is 6.89. The molecule has 5 atom stereocenters. The Morgan fingerprint density at radius 1 is 1.09 bits per heavy atom. The number of sulfonamides is 1. The van der Waals surface area contributed by atoms with Crippen LogP contribution < -0.4 is 5.14 Å². The number of fused-ring (bicyclic) bond motifs is 1. The van der Waals surface area contributed by atoms with Crippen molar-refractivity contribution >= 4 is 10.0 Å². The predicted octanol–water partition coefficient (Wildman–Crippen LogP) is -0.966. The van der Waals surface area contributed by atoms with Gasteiger partial charge in [-0.1, -0.05) is 0 Å². The molecule has 9 nitrogen and oxygen atoms in total. The Hall–Kier alpha value is -0.330. The van der Waals surface area contributed by atoms with Gasteiger partial charge >= 0.3 is 0 Å². The molecule has 0 aromatic carbocycles. The van der Waals surface area contributed by atoms with Crippen molar-refractivity contribution in [1.29, 1.82) is 0 Å². The minimum atomic E-state index is -4.00. The number of rotatable bonds is 3. The van der Waals surface area contributed by atoms with Crippen LogP contribution in [0.5, 0.6) is 0 Å². The Kier molecular flexibility index (Phi) is 3.87. The van der Waals surface area contributed by atoms with E-state index < -0.39 is 57.6 Å². The van der Waals surface area contributed by atoms with Crippen LogP contribution in [-0.2, 0) is 33.7 Å². The van der Waals surface area contributed by atoms with E-state index in [2.05, 4.69) is 0 Å². The van der Waals surface area contributed by atoms with Gasteiger partial charge in [0.05, 0.1) is 12.4 Å². The summed E-state index contributed by atoms with van der Waals surface area (Å²) in [5.41, 5.74) is -1.90. The minimum Gasteiger partial charge on any atom is -0.383 e. The average molecular weight is 353 g/mol. The Morgan fingerprint density at radius 3 is 2.26 bits per heavy atom. The second-order valence-electron chi connectivity index (χ2n) is 7.15. The molecule has 10 heteroatoms. The Morgan fingerprint density at radius 2 is 1.74 bits per heavy atom. The molecule has 0 spiro atoms. The van der Waals surface area contributed by atoms with Crippen LogP contribution in [0.1, 0.15) is 27.7 Å². The van der Waals surface area contributed by atoms with Gasteiger partial charge < -0.3 is 28.8 Å². The molecule has 0 aliphatic carbocycles. The monoisotopic (exact) mass is 353 g/mol. The molecular formula is C13H23NO8S. The third kappa shape index (κ3) is 3.27. The minimum absolute atomic E-state index is 0.146. The van der Waals surface area contributed by atoms with E-state index >= 15 is 0 Å². The number of hydrogen-bond donors (Lipinski definition) is 2. The first-order chi connectivity index (χ1) is 10.3. The van der Waals surface area contributed by atoms with Gasteiger partial charge in [0.25, 0.3) is 0 Å². The maximum atomic E-state index is 11.6. The van der Waals surface area contributed by atoms with Gasteiger partial charge in [-0.2, -0.15) is 0 Å². The predicted molar refractivity (Wildman–Crippen MR) is 76.5 cm³/mol. The molecule has 0 aromatic heterocycles. The van der Waals surface area contributed by atoms with Crippen LogP contribution in [-0.4, -0.2) is 67.7 Å². The van der Waals surface area contributed by atoms with Gasteiger partial charge in [-0.15, -0.1) is 0 Å². The van der Waals surface area contributed by atoms with Crippen LogP contribution >= 0.6 is 0 Å². The zero-order valence-electron chi connectivity index (χ0n) is 13.5. The second-order valence-corrected chi connectivity index (χ2v) is 8.76. The topological polar surface area (TPSA) is 127 Å². The summed E-state index contributed by atoms with van der Waals surface area (Å²) >= 11 is 0. The molecule has 3 aliphatic heterocycles. The summed E-state index contributed by atoms with van der Waals surface area (Å²) in [5, 5.41) is 16.2. The molecule has 0 aromatic rings. The summed E-state index contributed by atoms with van der Waals surface area (Å²) in [5.74, 6) is -2.58. The SMILES string of the molecule is CC1(C)OC[C@@H]([C@H]2O[C@H]3OC(C)(C)O[C@H]3[C@@]2(O)CS(N)(=O)=O)O1. The summed E-state index contributed by atoms with van der Waals surface area (Å²) < 4.78 is 51.4. The normalized spacial score (nSPS) is 45.3. The smallest absolute Gasteiger partial charge is 0.212 e. The lowest BCUT2D eigenvalue weighted by Crippen LogP contribution is -2.58. The van der Waals surface area contributed by atoms with Crippen LogP contribution in [0.15, 0.2) is 0 Å². The fourth-order valence-corrected chi connectivity index (χ4v) is 4.33. The van der Waals surface area contributed by atoms with E-state index in [0.717, 1.165) is 0 Å². The van der Waals surface area contributed by atoms with Crippen LogP contribution in [0, 0.1) is 0 Å². The molecule has 0 amide bonds. The molecule has 0 saturated carbocycles. The van der Waals surface area contributed by atoms with Gasteiger partial charge in [-0.25, -0.2) is 13.6 Å². The average Bonchev–Trinajstić information content (AvgIpc) is 2.89. The number of ether oxygens (including phenoxy) is 5. The van der Waals surface area contributed by atoms with E-state index in [1.54, 1.807) is 27.7 Å². The van der Waals surface area contributed by atoms with Crippen molar-refractivity contribution in [3.05, 3.63) is 0 Å². The van der Waals surface area contributed by atoms with E-state index in [1.807, 2.05) is 0 Å². The molecule has 3 aliphatic rings. The quantitative estimate of drug-likeness (QED) is 0.664. The van der Waals surface area contributed by atoms with Crippen molar-refractivity contribution in [3.8, 4) is 0 Å². The highest BCUT2D eigenvalue weighted by molar-refractivity contribution is 7.89. The first-order valence-electron chi connectivity index (χ1n) is 7.37. The molecule has 23 heavy (non-hydrogen) atoms. The molecule has 0 bridgehead atoms. The van der Waals surface area contributed by atoms with E-state index in [4.69, 9.17) is 28.8 Å². The first-order valence-corrected chi connectivity index (χ1v) is 9.09. The van der Waals surface area contributed by atoms with Gasteiger partial charge in [-0.05, 0) is 27.7 Å². The van der Waals surface area contributed by atoms with Crippen LogP contribution in [0.3, 0.4) is 0 Å². The highest BCUT2D eigenvalue weighted by atomic mass is 32.2. The van der Waals surface area contributed by atoms with E-state index in [0.29, 0.717) is 0 Å². The van der Waals surface area contributed by atoms with Gasteiger partial charge in [0, 0.05) is 0 Å².